The number of H-pyrrole nitrogens is 1. The molecule has 66 heavy (non-hydrogen) atoms. The first kappa shape index (κ1) is 51.1. The van der Waals surface area contributed by atoms with Crippen LogP contribution in [-0.4, -0.2) is 86.2 Å². The minimum absolute atomic E-state index is 0.0374. The summed E-state index contributed by atoms with van der Waals surface area (Å²) >= 11 is 1.71. The van der Waals surface area contributed by atoms with Gasteiger partial charge in [-0.25, -0.2) is 23.0 Å². The van der Waals surface area contributed by atoms with Crippen molar-refractivity contribution in [3.63, 3.8) is 0 Å². The monoisotopic (exact) mass is 954 g/mol. The van der Waals surface area contributed by atoms with Crippen LogP contribution in [0.1, 0.15) is 182 Å². The Morgan fingerprint density at radius 3 is 2.24 bits per heavy atom. The second-order valence-electron chi connectivity index (χ2n) is 21.7. The molecule has 1 aromatic carbocycles. The van der Waals surface area contributed by atoms with Gasteiger partial charge in [0, 0.05) is 23.0 Å². The van der Waals surface area contributed by atoms with Crippen LogP contribution in [0.2, 0.25) is 0 Å². The van der Waals surface area contributed by atoms with Crippen molar-refractivity contribution in [2.75, 3.05) is 6.54 Å². The molecule has 3 fully saturated rings. The summed E-state index contributed by atoms with van der Waals surface area (Å²) in [6.07, 6.45) is 9.16. The van der Waals surface area contributed by atoms with Gasteiger partial charge in [0.2, 0.25) is 21.8 Å². The van der Waals surface area contributed by atoms with Crippen LogP contribution in [0.3, 0.4) is 0 Å². The lowest BCUT2D eigenvalue weighted by molar-refractivity contribution is -0.143. The summed E-state index contributed by atoms with van der Waals surface area (Å²) in [4.78, 5) is 78.4. The fourth-order valence-corrected chi connectivity index (χ4v) is 12.6. The van der Waals surface area contributed by atoms with E-state index >= 15 is 0 Å². The SMILES string of the molecule is CCC1CC1(NC(=O)C1CCCN1C(=O)C(NC(=O)OC(C)(C)C)C(C)(C)C)C(=O)NS(=O)(=O)C1(CCCCCCCCc2sc(-c3cccc4c3[nH]c(=O)n4C(C)C)nc2C(C)C)CC1. The molecule has 2 saturated carbocycles. The Kier molecular flexibility index (Phi) is 15.3. The largest absolute Gasteiger partial charge is 0.444 e. The number of nitrogens with one attached hydrogen (secondary N) is 4. The summed E-state index contributed by atoms with van der Waals surface area (Å²) < 4.78 is 36.4. The van der Waals surface area contributed by atoms with Gasteiger partial charge in [-0.05, 0) is 115 Å². The van der Waals surface area contributed by atoms with Gasteiger partial charge in [0.05, 0.1) is 21.5 Å². The van der Waals surface area contributed by atoms with Crippen LogP contribution in [0.25, 0.3) is 21.6 Å². The van der Waals surface area contributed by atoms with Crippen molar-refractivity contribution in [3.8, 4) is 10.6 Å². The van der Waals surface area contributed by atoms with Crippen LogP contribution in [0.5, 0.6) is 0 Å². The van der Waals surface area contributed by atoms with Gasteiger partial charge in [0.25, 0.3) is 5.91 Å². The van der Waals surface area contributed by atoms with Crippen molar-refractivity contribution in [3.05, 3.63) is 39.3 Å². The van der Waals surface area contributed by atoms with E-state index in [0.717, 1.165) is 72.2 Å². The number of hydrogen-bond donors (Lipinski definition) is 4. The van der Waals surface area contributed by atoms with Crippen molar-refractivity contribution in [2.24, 2.45) is 11.3 Å². The maximum atomic E-state index is 14.0. The average molecular weight is 954 g/mol. The lowest BCUT2D eigenvalue weighted by Gasteiger charge is -2.36. The lowest BCUT2D eigenvalue weighted by atomic mass is 9.85. The van der Waals surface area contributed by atoms with Gasteiger partial charge >= 0.3 is 11.8 Å². The number of unbranched alkanes of at least 4 members (excludes halogenated alkanes) is 5. The maximum absolute atomic E-state index is 14.0. The minimum atomic E-state index is -4.02. The highest BCUT2D eigenvalue weighted by Crippen LogP contribution is 2.50. The molecule has 4 atom stereocenters. The molecule has 2 aliphatic carbocycles. The van der Waals surface area contributed by atoms with E-state index < -0.39 is 67.2 Å². The molecule has 4 unspecified atom stereocenters. The first-order valence-electron chi connectivity index (χ1n) is 24.3. The molecular formula is C49H75N7O8S2. The second kappa shape index (κ2) is 19.8. The number of sulfonamides is 1. The summed E-state index contributed by atoms with van der Waals surface area (Å²) in [5, 5.41) is 6.56. The van der Waals surface area contributed by atoms with Crippen molar-refractivity contribution < 1.29 is 32.3 Å². The zero-order chi connectivity index (χ0) is 48.6. The van der Waals surface area contributed by atoms with Crippen molar-refractivity contribution in [1.29, 1.82) is 0 Å². The standard InChI is InChI=1S/C49H75N7O8S2/c1-12-32-29-49(32,53-40(57)35-23-20-28-55(35)42(58)39(46(6,7)8)52-45(61)64-47(9,10)11)43(59)54-66(62,63)48(26-27-48)25-18-16-14-13-15-17-24-36-37(30(2)3)50-41(65-36)33-21-19-22-34-38(33)51-44(60)56(34)31(4)5/h19,21-22,30-32,35,39H,12-18,20,23-29H2,1-11H3,(H,51,60)(H,52,61)(H,53,57)(H,54,59). The number of ether oxygens (including phenoxy) is 1. The number of thiazole rings is 1. The Hall–Kier alpha value is -4.25. The highest BCUT2D eigenvalue weighted by Gasteiger charge is 2.63. The summed E-state index contributed by atoms with van der Waals surface area (Å²) in [6, 6.07) is 4.18. The van der Waals surface area contributed by atoms with Crippen LogP contribution in [0.4, 0.5) is 4.79 Å². The molecule has 3 aromatic rings. The number of carbonyl (C=O) groups is 4. The molecule has 0 bridgehead atoms. The normalized spacial score (nSPS) is 21.0. The fraction of sp³-hybridized carbons (Fsp3) is 0.714. The molecule has 3 aliphatic rings. The highest BCUT2D eigenvalue weighted by atomic mass is 32.2. The minimum Gasteiger partial charge on any atom is -0.444 e. The van der Waals surface area contributed by atoms with Crippen LogP contribution >= 0.6 is 11.3 Å². The maximum Gasteiger partial charge on any atom is 0.408 e. The number of benzene rings is 1. The van der Waals surface area contributed by atoms with Crippen LogP contribution in [0, 0.1) is 11.3 Å². The summed E-state index contributed by atoms with van der Waals surface area (Å²) in [6.45, 7) is 21.2. The predicted molar refractivity (Wildman–Crippen MR) is 260 cm³/mol. The number of amides is 4. The van der Waals surface area contributed by atoms with Crippen LogP contribution in [0.15, 0.2) is 23.0 Å². The number of hydrogen-bond acceptors (Lipinski definition) is 10. The third kappa shape index (κ3) is 11.2. The number of imidazole rings is 1. The number of fused-ring (bicyclic) bond motifs is 1. The molecule has 3 heterocycles. The van der Waals surface area contributed by atoms with E-state index in [1.165, 1.54) is 9.78 Å². The molecular weight excluding hydrogens is 879 g/mol. The molecule has 6 rings (SSSR count). The summed E-state index contributed by atoms with van der Waals surface area (Å²) in [7, 11) is -4.02. The van der Waals surface area contributed by atoms with Gasteiger partial charge in [-0.15, -0.1) is 11.3 Å². The van der Waals surface area contributed by atoms with Crippen molar-refractivity contribution >= 4 is 56.2 Å². The molecule has 4 N–H and O–H groups in total. The van der Waals surface area contributed by atoms with E-state index in [1.807, 2.05) is 59.7 Å². The van der Waals surface area contributed by atoms with E-state index in [9.17, 15) is 32.4 Å². The number of rotatable bonds is 20. The second-order valence-corrected chi connectivity index (χ2v) is 24.9. The molecule has 1 aliphatic heterocycles. The smallest absolute Gasteiger partial charge is 0.408 e. The molecule has 0 spiro atoms. The lowest BCUT2D eigenvalue weighted by Crippen LogP contribution is -2.60. The first-order valence-corrected chi connectivity index (χ1v) is 26.6. The zero-order valence-electron chi connectivity index (χ0n) is 41.1. The number of aryl methyl sites for hydroxylation is 1. The van der Waals surface area contributed by atoms with E-state index in [1.54, 1.807) is 36.7 Å². The number of aromatic amines is 1. The van der Waals surface area contributed by atoms with Gasteiger partial charge in [0.15, 0.2) is 0 Å². The number of carbonyl (C=O) groups excluding carboxylic acids is 4. The van der Waals surface area contributed by atoms with E-state index in [2.05, 4.69) is 34.2 Å². The fourth-order valence-electron chi connectivity index (χ4n) is 9.66. The molecule has 4 amide bonds. The molecule has 1 saturated heterocycles. The molecule has 366 valence electrons. The van der Waals surface area contributed by atoms with Crippen LogP contribution in [-0.2, 0) is 35.6 Å². The first-order chi connectivity index (χ1) is 30.8. The molecule has 0 radical (unpaired) electrons. The number of para-hydroxylation sites is 1. The van der Waals surface area contributed by atoms with Crippen LogP contribution < -0.4 is 21.0 Å². The highest BCUT2D eigenvalue weighted by molar-refractivity contribution is 7.91. The molecule has 2 aromatic heterocycles. The Morgan fingerprint density at radius 1 is 0.985 bits per heavy atom. The predicted octanol–water partition coefficient (Wildman–Crippen LogP) is 8.62. The summed E-state index contributed by atoms with van der Waals surface area (Å²) in [5.74, 6) is -1.61. The van der Waals surface area contributed by atoms with E-state index in [0.29, 0.717) is 51.5 Å². The Morgan fingerprint density at radius 2 is 1.65 bits per heavy atom. The molecule has 15 nitrogen and oxygen atoms in total. The molecule has 17 heteroatoms. The Labute approximate surface area is 395 Å². The number of alkyl carbamates (subject to hydrolysis) is 1. The number of nitrogens with zero attached hydrogens (tertiary/aromatic N) is 3. The van der Waals surface area contributed by atoms with Gasteiger partial charge in [-0.2, -0.15) is 0 Å². The average Bonchev–Trinajstić information content (AvgIpc) is 3.96. The zero-order valence-corrected chi connectivity index (χ0v) is 42.8. The topological polar surface area (TPSA) is 202 Å². The van der Waals surface area contributed by atoms with Crippen molar-refractivity contribution in [2.45, 2.75) is 206 Å². The van der Waals surface area contributed by atoms with Gasteiger partial charge in [0.1, 0.15) is 28.2 Å². The third-order valence-electron chi connectivity index (χ3n) is 13.6. The van der Waals surface area contributed by atoms with E-state index in [4.69, 9.17) is 9.72 Å². The summed E-state index contributed by atoms with van der Waals surface area (Å²) in [5.41, 5.74) is 0.792. The van der Waals surface area contributed by atoms with Gasteiger partial charge < -0.3 is 25.3 Å². The van der Waals surface area contributed by atoms with E-state index in [-0.39, 0.29) is 23.6 Å². The number of likely N-dealkylation sites (tertiary alicyclic amines) is 1. The number of aromatic nitrogens is 3. The quantitative estimate of drug-likeness (QED) is 0.0800. The Bertz CT molecular complexity index is 2440. The van der Waals surface area contributed by atoms with Gasteiger partial charge in [-0.1, -0.05) is 86.1 Å². The van der Waals surface area contributed by atoms with Crippen molar-refractivity contribution in [1.82, 2.24) is 34.8 Å². The Balaban J connectivity index is 0.984. The third-order valence-corrected chi connectivity index (χ3v) is 17.0. The van der Waals surface area contributed by atoms with Gasteiger partial charge in [-0.3, -0.25) is 23.7 Å².